The van der Waals surface area contributed by atoms with E-state index in [0.29, 0.717) is 43.7 Å². The van der Waals surface area contributed by atoms with E-state index in [0.717, 1.165) is 5.56 Å². The molecule has 0 saturated carbocycles. The third-order valence-corrected chi connectivity index (χ3v) is 4.52. The molecule has 9 nitrogen and oxygen atoms in total. The van der Waals surface area contributed by atoms with E-state index < -0.39 is 16.9 Å². The van der Waals surface area contributed by atoms with Crippen LogP contribution in [0.3, 0.4) is 0 Å². The lowest BCUT2D eigenvalue weighted by atomic mass is 10.1. The van der Waals surface area contributed by atoms with Crippen LogP contribution in [0.2, 0.25) is 0 Å². The zero-order valence-electron chi connectivity index (χ0n) is 15.1. The minimum absolute atomic E-state index is 0.0846. The van der Waals surface area contributed by atoms with Crippen LogP contribution in [0.15, 0.2) is 30.3 Å². The van der Waals surface area contributed by atoms with Crippen molar-refractivity contribution in [2.75, 3.05) is 26.4 Å². The highest BCUT2D eigenvalue weighted by molar-refractivity contribution is 5.99. The van der Waals surface area contributed by atoms with Crippen molar-refractivity contribution < 1.29 is 28.7 Å². The number of nitro benzene ring substituents is 1. The van der Waals surface area contributed by atoms with Gasteiger partial charge in [0.15, 0.2) is 23.0 Å². The largest absolute Gasteiger partial charge is 0.486 e. The number of fused-ring (bicyclic) bond motifs is 2. The molecule has 1 N–H and O–H groups in total. The van der Waals surface area contributed by atoms with E-state index in [2.05, 4.69) is 5.32 Å². The predicted molar refractivity (Wildman–Crippen MR) is 97.4 cm³/mol. The van der Waals surface area contributed by atoms with Crippen molar-refractivity contribution in [3.8, 4) is 23.0 Å². The Labute approximate surface area is 160 Å². The fourth-order valence-corrected chi connectivity index (χ4v) is 3.10. The van der Waals surface area contributed by atoms with Crippen LogP contribution in [0.25, 0.3) is 0 Å². The summed E-state index contributed by atoms with van der Waals surface area (Å²) in [6.07, 6.45) is 0. The number of nitrogens with one attached hydrogen (secondary N) is 1. The Morgan fingerprint density at radius 3 is 2.18 bits per heavy atom. The van der Waals surface area contributed by atoms with Crippen molar-refractivity contribution in [2.24, 2.45) is 0 Å². The number of nitro groups is 1. The molecule has 2 aliphatic heterocycles. The molecular weight excluding hydrogens is 368 g/mol. The number of amides is 1. The van der Waals surface area contributed by atoms with Crippen LogP contribution in [0.1, 0.15) is 28.9 Å². The highest BCUT2D eigenvalue weighted by Gasteiger charge is 2.27. The highest BCUT2D eigenvalue weighted by atomic mass is 16.6. The maximum atomic E-state index is 12.8. The maximum Gasteiger partial charge on any atom is 0.286 e. The lowest BCUT2D eigenvalue weighted by molar-refractivity contribution is -0.385. The molecule has 4 rings (SSSR count). The number of benzene rings is 2. The molecule has 2 aliphatic rings. The van der Waals surface area contributed by atoms with Gasteiger partial charge in [-0.25, -0.2) is 0 Å². The Balaban J connectivity index is 1.58. The molecule has 0 bridgehead atoms. The molecule has 0 radical (unpaired) electrons. The quantitative estimate of drug-likeness (QED) is 0.635. The van der Waals surface area contributed by atoms with Crippen LogP contribution in [-0.4, -0.2) is 37.3 Å². The molecular formula is C19H18N2O7. The standard InChI is InChI=1S/C19H18N2O7/c1-11(12-2-3-15-16(8-12)26-5-4-25-15)20-19(22)13-9-17-18(28-7-6-27-17)10-14(13)21(23)24/h2-3,8-11H,4-7H2,1H3,(H,20,22). The summed E-state index contributed by atoms with van der Waals surface area (Å²) in [5.41, 5.74) is 0.368. The van der Waals surface area contributed by atoms with Gasteiger partial charge in [0.1, 0.15) is 32.0 Å². The summed E-state index contributed by atoms with van der Waals surface area (Å²) in [6.45, 7) is 3.36. The SMILES string of the molecule is CC(NC(=O)c1cc2c(cc1[N+](=O)[O-])OCCO2)c1ccc2c(c1)OCCO2. The molecule has 2 aromatic rings. The fraction of sp³-hybridized carbons (Fsp3) is 0.316. The third-order valence-electron chi connectivity index (χ3n) is 4.52. The van der Waals surface area contributed by atoms with Gasteiger partial charge in [0, 0.05) is 6.07 Å². The summed E-state index contributed by atoms with van der Waals surface area (Å²) in [7, 11) is 0. The molecule has 0 fully saturated rings. The zero-order valence-corrected chi connectivity index (χ0v) is 15.1. The summed E-state index contributed by atoms with van der Waals surface area (Å²) in [5, 5.41) is 14.2. The predicted octanol–water partition coefficient (Wildman–Crippen LogP) is 2.63. The summed E-state index contributed by atoms with van der Waals surface area (Å²) < 4.78 is 21.9. The van der Waals surface area contributed by atoms with E-state index in [9.17, 15) is 14.9 Å². The van der Waals surface area contributed by atoms with Gasteiger partial charge in [0.2, 0.25) is 0 Å². The van der Waals surface area contributed by atoms with E-state index >= 15 is 0 Å². The van der Waals surface area contributed by atoms with Gasteiger partial charge in [-0.2, -0.15) is 0 Å². The minimum Gasteiger partial charge on any atom is -0.486 e. The molecule has 146 valence electrons. The number of hydrogen-bond acceptors (Lipinski definition) is 7. The van der Waals surface area contributed by atoms with Crippen molar-refractivity contribution in [3.05, 3.63) is 51.6 Å². The van der Waals surface area contributed by atoms with Crippen LogP contribution in [0, 0.1) is 10.1 Å². The Morgan fingerprint density at radius 1 is 0.964 bits per heavy atom. The van der Waals surface area contributed by atoms with E-state index in [-0.39, 0.29) is 17.0 Å². The molecule has 1 unspecified atom stereocenters. The first kappa shape index (κ1) is 17.9. The smallest absolute Gasteiger partial charge is 0.286 e. The van der Waals surface area contributed by atoms with Crippen LogP contribution in [-0.2, 0) is 0 Å². The molecule has 9 heteroatoms. The number of carbonyl (C=O) groups is 1. The lowest BCUT2D eigenvalue weighted by Gasteiger charge is -2.21. The van der Waals surface area contributed by atoms with Crippen LogP contribution >= 0.6 is 0 Å². The topological polar surface area (TPSA) is 109 Å². The normalized spacial score (nSPS) is 15.5. The molecule has 0 aliphatic carbocycles. The minimum atomic E-state index is -0.609. The van der Waals surface area contributed by atoms with Gasteiger partial charge in [-0.05, 0) is 24.6 Å². The van der Waals surface area contributed by atoms with Crippen molar-refractivity contribution in [1.82, 2.24) is 5.32 Å². The molecule has 1 atom stereocenters. The monoisotopic (exact) mass is 386 g/mol. The van der Waals surface area contributed by atoms with Crippen LogP contribution < -0.4 is 24.3 Å². The number of hydrogen-bond donors (Lipinski definition) is 1. The first-order chi connectivity index (χ1) is 13.5. The van der Waals surface area contributed by atoms with Crippen molar-refractivity contribution >= 4 is 11.6 Å². The molecule has 28 heavy (non-hydrogen) atoms. The van der Waals surface area contributed by atoms with Crippen molar-refractivity contribution in [1.29, 1.82) is 0 Å². The molecule has 2 aromatic carbocycles. The Bertz CT molecular complexity index is 944. The first-order valence-corrected chi connectivity index (χ1v) is 8.81. The summed E-state index contributed by atoms with van der Waals surface area (Å²) >= 11 is 0. The molecule has 0 aromatic heterocycles. The Hall–Kier alpha value is -3.49. The second kappa shape index (κ2) is 7.26. The molecule has 1 amide bonds. The third kappa shape index (κ3) is 3.38. The molecule has 0 spiro atoms. The van der Waals surface area contributed by atoms with Gasteiger partial charge in [0.25, 0.3) is 11.6 Å². The maximum absolute atomic E-state index is 12.8. The Kier molecular flexibility index (Phi) is 4.64. The van der Waals surface area contributed by atoms with Crippen molar-refractivity contribution in [2.45, 2.75) is 13.0 Å². The van der Waals surface area contributed by atoms with E-state index in [4.69, 9.17) is 18.9 Å². The van der Waals surface area contributed by atoms with Gasteiger partial charge in [0.05, 0.1) is 17.0 Å². The van der Waals surface area contributed by atoms with Gasteiger partial charge < -0.3 is 24.3 Å². The van der Waals surface area contributed by atoms with Crippen LogP contribution in [0.5, 0.6) is 23.0 Å². The van der Waals surface area contributed by atoms with Gasteiger partial charge in [-0.3, -0.25) is 14.9 Å². The van der Waals surface area contributed by atoms with Crippen LogP contribution in [0.4, 0.5) is 5.69 Å². The average molecular weight is 386 g/mol. The molecule has 0 saturated heterocycles. The number of carbonyl (C=O) groups excluding carboxylic acids is 1. The van der Waals surface area contributed by atoms with E-state index in [1.54, 1.807) is 19.1 Å². The Morgan fingerprint density at radius 2 is 1.54 bits per heavy atom. The summed E-state index contributed by atoms with van der Waals surface area (Å²) in [6, 6.07) is 7.54. The van der Waals surface area contributed by atoms with Gasteiger partial charge in [-0.1, -0.05) is 6.07 Å². The first-order valence-electron chi connectivity index (χ1n) is 8.81. The van der Waals surface area contributed by atoms with Gasteiger partial charge in [-0.15, -0.1) is 0 Å². The summed E-state index contributed by atoms with van der Waals surface area (Å²) in [4.78, 5) is 23.6. The van der Waals surface area contributed by atoms with E-state index in [1.807, 2.05) is 6.07 Å². The highest BCUT2D eigenvalue weighted by Crippen LogP contribution is 2.37. The van der Waals surface area contributed by atoms with Crippen molar-refractivity contribution in [3.63, 3.8) is 0 Å². The lowest BCUT2D eigenvalue weighted by Crippen LogP contribution is -2.28. The zero-order chi connectivity index (χ0) is 19.7. The average Bonchev–Trinajstić information content (AvgIpc) is 2.72. The summed E-state index contributed by atoms with van der Waals surface area (Å²) in [5.74, 6) is 1.25. The number of ether oxygens (including phenoxy) is 4. The number of rotatable bonds is 4. The van der Waals surface area contributed by atoms with E-state index in [1.165, 1.54) is 12.1 Å². The second-order valence-electron chi connectivity index (χ2n) is 6.37. The van der Waals surface area contributed by atoms with Gasteiger partial charge >= 0.3 is 0 Å². The molecule has 2 heterocycles. The number of nitrogens with zero attached hydrogens (tertiary/aromatic N) is 1. The second-order valence-corrected chi connectivity index (χ2v) is 6.37. The fourth-order valence-electron chi connectivity index (χ4n) is 3.10.